The molecular formula is C27H25FN2O6S2. The second kappa shape index (κ2) is 8.62. The lowest BCUT2D eigenvalue weighted by atomic mass is 9.87. The Morgan fingerprint density at radius 3 is 2.42 bits per heavy atom. The molecule has 3 aliphatic rings. The van der Waals surface area contributed by atoms with Gasteiger partial charge in [0.1, 0.15) is 35.2 Å². The summed E-state index contributed by atoms with van der Waals surface area (Å²) in [7, 11) is -6.42. The van der Waals surface area contributed by atoms with E-state index in [1.54, 1.807) is 0 Å². The summed E-state index contributed by atoms with van der Waals surface area (Å²) in [6, 6.07) is 10.3. The molecule has 0 atom stereocenters. The van der Waals surface area contributed by atoms with Crippen molar-refractivity contribution < 1.29 is 30.0 Å². The molecule has 0 radical (unpaired) electrons. The van der Waals surface area contributed by atoms with Crippen LogP contribution in [-0.2, 0) is 33.2 Å². The highest BCUT2D eigenvalue weighted by molar-refractivity contribution is 7.87. The predicted molar refractivity (Wildman–Crippen MR) is 138 cm³/mol. The molecule has 3 heterocycles. The zero-order valence-corrected chi connectivity index (χ0v) is 22.5. The molecule has 11 heteroatoms. The molecule has 0 bridgehead atoms. The first-order valence-corrected chi connectivity index (χ1v) is 15.1. The Kier molecular flexibility index (Phi) is 5.68. The maximum absolute atomic E-state index is 13.8. The normalized spacial score (nSPS) is 16.8. The van der Waals surface area contributed by atoms with Crippen LogP contribution in [0, 0.1) is 0 Å². The Labute approximate surface area is 220 Å². The van der Waals surface area contributed by atoms with Crippen LogP contribution in [0.5, 0.6) is 11.5 Å². The Morgan fingerprint density at radius 1 is 0.947 bits per heavy atom. The van der Waals surface area contributed by atoms with Gasteiger partial charge >= 0.3 is 10.2 Å². The van der Waals surface area contributed by atoms with Gasteiger partial charge in [0.05, 0.1) is 15.4 Å². The fourth-order valence-electron chi connectivity index (χ4n) is 5.89. The molecule has 3 aromatic rings. The van der Waals surface area contributed by atoms with Crippen molar-refractivity contribution in [2.24, 2.45) is 0 Å². The molecule has 0 N–H and O–H groups in total. The molecule has 0 fully saturated rings. The molecule has 38 heavy (non-hydrogen) atoms. The first kappa shape index (κ1) is 25.0. The fourth-order valence-corrected chi connectivity index (χ4v) is 7.17. The molecule has 0 saturated carbocycles. The van der Waals surface area contributed by atoms with Crippen LogP contribution in [-0.4, -0.2) is 48.6 Å². The van der Waals surface area contributed by atoms with Crippen molar-refractivity contribution in [3.8, 4) is 11.5 Å². The van der Waals surface area contributed by atoms with Crippen LogP contribution in [0.25, 0.3) is 5.57 Å². The number of rotatable bonds is 3. The summed E-state index contributed by atoms with van der Waals surface area (Å²) in [6.07, 6.45) is 3.33. The van der Waals surface area contributed by atoms with Gasteiger partial charge in [-0.3, -0.25) is 0 Å². The minimum atomic E-state index is -5.24. The van der Waals surface area contributed by atoms with Gasteiger partial charge in [-0.2, -0.15) is 8.42 Å². The van der Waals surface area contributed by atoms with Crippen LogP contribution in [0.2, 0.25) is 0 Å². The van der Waals surface area contributed by atoms with Crippen molar-refractivity contribution in [1.82, 2.24) is 4.58 Å². The molecule has 0 unspecified atom stereocenters. The zero-order chi connectivity index (χ0) is 27.0. The predicted octanol–water partition coefficient (Wildman–Crippen LogP) is 2.05. The van der Waals surface area contributed by atoms with E-state index in [9.17, 15) is 25.3 Å². The van der Waals surface area contributed by atoms with Gasteiger partial charge in [0.25, 0.3) is 0 Å². The lowest BCUT2D eigenvalue weighted by molar-refractivity contribution is 0.448. The summed E-state index contributed by atoms with van der Waals surface area (Å²) >= 11 is 0. The summed E-state index contributed by atoms with van der Waals surface area (Å²) in [5.74, 6) is 1.18. The third-order valence-electron chi connectivity index (χ3n) is 7.65. The maximum Gasteiger partial charge on any atom is 0.332 e. The number of anilines is 1. The highest BCUT2D eigenvalue weighted by Gasteiger charge is 2.32. The second-order valence-corrected chi connectivity index (χ2v) is 12.7. The number of halogens is 1. The van der Waals surface area contributed by atoms with Crippen molar-refractivity contribution in [3.05, 3.63) is 75.3 Å². The van der Waals surface area contributed by atoms with Gasteiger partial charge in [-0.15, -0.1) is 3.89 Å². The van der Waals surface area contributed by atoms with E-state index in [1.165, 1.54) is 6.07 Å². The van der Waals surface area contributed by atoms with E-state index < -0.39 is 30.1 Å². The summed E-state index contributed by atoms with van der Waals surface area (Å²) in [5.41, 5.74) is 4.01. The molecular weight excluding hydrogens is 531 g/mol. The van der Waals surface area contributed by atoms with Gasteiger partial charge in [-0.25, -0.2) is 13.0 Å². The molecule has 8 nitrogen and oxygen atoms in total. The van der Waals surface area contributed by atoms with Crippen molar-refractivity contribution >= 4 is 31.6 Å². The van der Waals surface area contributed by atoms with Crippen molar-refractivity contribution in [2.45, 2.75) is 35.5 Å². The first-order chi connectivity index (χ1) is 17.9. The van der Waals surface area contributed by atoms with Gasteiger partial charge < -0.3 is 14.2 Å². The largest absolute Gasteiger partial charge is 0.744 e. The van der Waals surface area contributed by atoms with Crippen LogP contribution < -0.4 is 24.8 Å². The third kappa shape index (κ3) is 3.91. The molecule has 6 rings (SSSR count). The van der Waals surface area contributed by atoms with E-state index in [2.05, 4.69) is 9.48 Å². The number of hydrogen-bond acceptors (Lipinski definition) is 7. The van der Waals surface area contributed by atoms with Gasteiger partial charge in [0.2, 0.25) is 5.36 Å². The Hall–Kier alpha value is -3.28. The van der Waals surface area contributed by atoms with E-state index in [4.69, 9.17) is 4.74 Å². The van der Waals surface area contributed by atoms with E-state index in [0.29, 0.717) is 33.9 Å². The topological polar surface area (TPSA) is 107 Å². The highest BCUT2D eigenvalue weighted by Crippen LogP contribution is 2.45. The molecule has 198 valence electrons. The van der Waals surface area contributed by atoms with Crippen LogP contribution in [0.1, 0.15) is 35.1 Å². The number of ether oxygens (including phenoxy) is 1. The van der Waals surface area contributed by atoms with E-state index in [-0.39, 0.29) is 5.56 Å². The maximum atomic E-state index is 13.8. The highest BCUT2D eigenvalue weighted by atomic mass is 32.3. The number of nitrogens with zero attached hydrogens (tertiary/aromatic N) is 2. The lowest BCUT2D eigenvalue weighted by Crippen LogP contribution is -2.37. The number of fused-ring (bicyclic) bond motifs is 6. The van der Waals surface area contributed by atoms with Gasteiger partial charge in [0, 0.05) is 59.2 Å². The first-order valence-electron chi connectivity index (χ1n) is 12.3. The van der Waals surface area contributed by atoms with Crippen LogP contribution in [0.15, 0.2) is 52.3 Å². The average molecular weight is 557 g/mol. The molecule has 0 saturated heterocycles. The molecule has 0 aliphatic carbocycles. The minimum Gasteiger partial charge on any atom is -0.744 e. The third-order valence-corrected chi connectivity index (χ3v) is 9.34. The van der Waals surface area contributed by atoms with Crippen molar-refractivity contribution in [3.63, 3.8) is 0 Å². The van der Waals surface area contributed by atoms with E-state index >= 15 is 0 Å². The van der Waals surface area contributed by atoms with Gasteiger partial charge in [0.15, 0.2) is 0 Å². The standard InChI is InChI=1S/C27H25FN2O6S2/c1-29-13-3-5-17-22(29)11-9-20-25(19-8-7-16(37(28,31)32)15-24(19)38(33,34)35)21-10-12-23-18(6-4-14-30(23)2)27(21)36-26(17)20/h7-12,15H,3-6,13-14H2,1-2H3. The number of hydrogen-bond donors (Lipinski definition) is 0. The lowest BCUT2D eigenvalue weighted by Gasteiger charge is -2.32. The smallest absolute Gasteiger partial charge is 0.332 e. The Morgan fingerprint density at radius 2 is 1.68 bits per heavy atom. The number of benzene rings is 3. The van der Waals surface area contributed by atoms with Crippen LogP contribution in [0.4, 0.5) is 9.57 Å². The molecule has 0 aromatic heterocycles. The van der Waals surface area contributed by atoms with Gasteiger partial charge in [-0.05, 0) is 49.6 Å². The SMILES string of the molecule is CN1CCCc2c1ccc1c2Oc2c3c(ccc2=C1c1ccc(S(=O)(=O)F)cc1S(=O)(=O)[O-])=[N+](C)CCC3. The molecule has 0 spiro atoms. The molecule has 3 aromatic carbocycles. The summed E-state index contributed by atoms with van der Waals surface area (Å²) in [5, 5.41) is 1.60. The Bertz CT molecular complexity index is 1890. The Balaban J connectivity index is 1.78. The average Bonchev–Trinajstić information content (AvgIpc) is 2.86. The molecule has 3 aliphatic heterocycles. The molecule has 0 amide bonds. The monoisotopic (exact) mass is 556 g/mol. The summed E-state index contributed by atoms with van der Waals surface area (Å²) in [4.78, 5) is 0.456. The summed E-state index contributed by atoms with van der Waals surface area (Å²) in [6.45, 7) is 1.77. The summed E-state index contributed by atoms with van der Waals surface area (Å²) < 4.78 is 83.1. The quantitative estimate of drug-likeness (QED) is 0.216. The van der Waals surface area contributed by atoms with Gasteiger partial charge in [-0.1, -0.05) is 6.07 Å². The minimum absolute atomic E-state index is 0.00595. The fraction of sp³-hybridized carbons (Fsp3) is 0.296. The van der Waals surface area contributed by atoms with Crippen LogP contribution >= 0.6 is 0 Å². The van der Waals surface area contributed by atoms with Crippen molar-refractivity contribution in [1.29, 1.82) is 0 Å². The van der Waals surface area contributed by atoms with Crippen molar-refractivity contribution in [2.75, 3.05) is 32.1 Å². The van der Waals surface area contributed by atoms with Crippen LogP contribution in [0.3, 0.4) is 0 Å². The van der Waals surface area contributed by atoms with E-state index in [1.807, 2.05) is 38.4 Å². The second-order valence-electron chi connectivity index (χ2n) is 9.96. The zero-order valence-electron chi connectivity index (χ0n) is 20.8. The van der Waals surface area contributed by atoms with E-state index in [0.717, 1.165) is 67.0 Å².